The number of hydrogen-bond acceptors (Lipinski definition) is 6. The molecule has 25 heavy (non-hydrogen) atoms. The second kappa shape index (κ2) is 6.34. The molecule has 1 aliphatic heterocycles. The topological polar surface area (TPSA) is 102 Å². The van der Waals surface area contributed by atoms with Crippen molar-refractivity contribution in [1.82, 2.24) is 29.8 Å². The Bertz CT molecular complexity index is 857. The average Bonchev–Trinajstić information content (AvgIpc) is 3.36. The molecular formula is C16H17N7O2. The van der Waals surface area contributed by atoms with Crippen molar-refractivity contribution in [3.63, 3.8) is 0 Å². The number of likely N-dealkylation sites (tertiary alicyclic amines) is 1. The number of amides is 2. The maximum Gasteiger partial charge on any atom is 0.322 e. The van der Waals surface area contributed by atoms with Crippen molar-refractivity contribution in [2.45, 2.75) is 18.9 Å². The van der Waals surface area contributed by atoms with Gasteiger partial charge >= 0.3 is 6.03 Å². The van der Waals surface area contributed by atoms with Crippen LogP contribution in [-0.2, 0) is 7.05 Å². The minimum absolute atomic E-state index is 0.0499. The van der Waals surface area contributed by atoms with E-state index in [9.17, 15) is 4.79 Å². The highest BCUT2D eigenvalue weighted by atomic mass is 16.5. The minimum Gasteiger partial charge on any atom is -0.342 e. The summed E-state index contributed by atoms with van der Waals surface area (Å²) in [6.07, 6.45) is 4.77. The molecule has 9 nitrogen and oxygen atoms in total. The number of rotatable bonds is 3. The van der Waals surface area contributed by atoms with Gasteiger partial charge in [0.1, 0.15) is 6.33 Å². The van der Waals surface area contributed by atoms with Crippen molar-refractivity contribution < 1.29 is 9.32 Å². The first-order chi connectivity index (χ1) is 12.2. The smallest absolute Gasteiger partial charge is 0.322 e. The van der Waals surface area contributed by atoms with Crippen LogP contribution in [0.4, 0.5) is 10.5 Å². The molecule has 0 bridgehead atoms. The number of aryl methyl sites for hydroxylation is 1. The van der Waals surface area contributed by atoms with E-state index in [1.807, 2.05) is 35.9 Å². The Labute approximate surface area is 143 Å². The average molecular weight is 339 g/mol. The number of urea groups is 1. The van der Waals surface area contributed by atoms with Crippen LogP contribution in [0, 0.1) is 0 Å². The number of nitrogens with zero attached hydrogens (tertiary/aromatic N) is 6. The summed E-state index contributed by atoms with van der Waals surface area (Å²) >= 11 is 0. The normalized spacial score (nSPS) is 17.0. The summed E-state index contributed by atoms with van der Waals surface area (Å²) in [7, 11) is 1.89. The van der Waals surface area contributed by atoms with Gasteiger partial charge in [-0.3, -0.25) is 0 Å². The van der Waals surface area contributed by atoms with Gasteiger partial charge in [0, 0.05) is 24.8 Å². The molecule has 3 aromatic rings. The lowest BCUT2D eigenvalue weighted by molar-refractivity contribution is 0.204. The van der Waals surface area contributed by atoms with Gasteiger partial charge in [0.25, 0.3) is 0 Å². The summed E-state index contributed by atoms with van der Waals surface area (Å²) in [5, 5.41) is 14.8. The minimum atomic E-state index is -0.141. The zero-order valence-corrected chi connectivity index (χ0v) is 13.7. The van der Waals surface area contributed by atoms with Crippen molar-refractivity contribution in [3.8, 4) is 11.4 Å². The fraction of sp³-hybridized carbons (Fsp3) is 0.312. The van der Waals surface area contributed by atoms with Crippen LogP contribution < -0.4 is 5.32 Å². The van der Waals surface area contributed by atoms with E-state index in [0.29, 0.717) is 18.1 Å². The van der Waals surface area contributed by atoms with Crippen LogP contribution in [0.25, 0.3) is 11.4 Å². The second-order valence-electron chi connectivity index (χ2n) is 5.91. The Morgan fingerprint density at radius 3 is 2.84 bits per heavy atom. The summed E-state index contributed by atoms with van der Waals surface area (Å²) < 4.78 is 6.59. The van der Waals surface area contributed by atoms with Crippen LogP contribution in [0.5, 0.6) is 0 Å². The second-order valence-corrected chi connectivity index (χ2v) is 5.91. The molecule has 0 aliphatic carbocycles. The third-order valence-corrected chi connectivity index (χ3v) is 4.31. The maximum absolute atomic E-state index is 12.7. The first-order valence-electron chi connectivity index (χ1n) is 8.00. The van der Waals surface area contributed by atoms with Gasteiger partial charge in [-0.1, -0.05) is 5.16 Å². The quantitative estimate of drug-likeness (QED) is 0.785. The Kier molecular flexibility index (Phi) is 3.88. The number of anilines is 1. The maximum atomic E-state index is 12.7. The van der Waals surface area contributed by atoms with Crippen LogP contribution in [0.3, 0.4) is 0 Å². The SMILES string of the molecule is Cn1cnnc1[C@@H]1CCCN1C(=O)Nc1ccc(-c2ncon2)cc1. The predicted molar refractivity (Wildman–Crippen MR) is 88.4 cm³/mol. The zero-order chi connectivity index (χ0) is 17.2. The third kappa shape index (κ3) is 2.95. The van der Waals surface area contributed by atoms with E-state index in [1.165, 1.54) is 6.39 Å². The van der Waals surface area contributed by atoms with Crippen LogP contribution in [-0.4, -0.2) is 42.4 Å². The van der Waals surface area contributed by atoms with Gasteiger partial charge in [-0.2, -0.15) is 4.98 Å². The molecule has 1 aliphatic rings. The molecule has 128 valence electrons. The zero-order valence-electron chi connectivity index (χ0n) is 13.7. The summed E-state index contributed by atoms with van der Waals surface area (Å²) in [6, 6.07) is 7.12. The van der Waals surface area contributed by atoms with Gasteiger partial charge in [-0.25, -0.2) is 4.79 Å². The molecule has 0 saturated carbocycles. The first-order valence-corrected chi connectivity index (χ1v) is 8.00. The molecule has 2 aromatic heterocycles. The van der Waals surface area contributed by atoms with E-state index < -0.39 is 0 Å². The third-order valence-electron chi connectivity index (χ3n) is 4.31. The lowest BCUT2D eigenvalue weighted by atomic mass is 10.2. The Morgan fingerprint density at radius 2 is 2.16 bits per heavy atom. The Hall–Kier alpha value is -3.23. The molecule has 1 fully saturated rings. The highest BCUT2D eigenvalue weighted by Gasteiger charge is 2.32. The predicted octanol–water partition coefficient (Wildman–Crippen LogP) is 2.23. The summed E-state index contributed by atoms with van der Waals surface area (Å²) in [6.45, 7) is 0.699. The van der Waals surface area contributed by atoms with Gasteiger partial charge < -0.3 is 19.3 Å². The van der Waals surface area contributed by atoms with Gasteiger partial charge in [-0.05, 0) is 37.1 Å². The first kappa shape index (κ1) is 15.3. The molecule has 1 N–H and O–H groups in total. The van der Waals surface area contributed by atoms with Crippen LogP contribution in [0.15, 0.2) is 41.5 Å². The fourth-order valence-corrected chi connectivity index (χ4v) is 3.07. The van der Waals surface area contributed by atoms with Gasteiger partial charge in [-0.15, -0.1) is 10.2 Å². The largest absolute Gasteiger partial charge is 0.342 e. The van der Waals surface area contributed by atoms with Gasteiger partial charge in [0.05, 0.1) is 6.04 Å². The number of nitrogens with one attached hydrogen (secondary N) is 1. The number of carbonyl (C=O) groups is 1. The van der Waals surface area contributed by atoms with Gasteiger partial charge in [0.2, 0.25) is 12.2 Å². The van der Waals surface area contributed by atoms with Gasteiger partial charge in [0.15, 0.2) is 5.82 Å². The molecular weight excluding hydrogens is 322 g/mol. The van der Waals surface area contributed by atoms with E-state index >= 15 is 0 Å². The summed E-state index contributed by atoms with van der Waals surface area (Å²) in [5.41, 5.74) is 1.53. The van der Waals surface area contributed by atoms with E-state index in [0.717, 1.165) is 24.2 Å². The van der Waals surface area contributed by atoms with E-state index in [-0.39, 0.29) is 12.1 Å². The number of carbonyl (C=O) groups excluding carboxylic acids is 1. The molecule has 1 aromatic carbocycles. The van der Waals surface area contributed by atoms with Crippen LogP contribution in [0.1, 0.15) is 24.7 Å². The molecule has 9 heteroatoms. The standard InChI is InChI=1S/C16H17N7O2/c1-22-9-18-20-15(22)13-3-2-8-23(13)16(24)19-12-6-4-11(5-7-12)14-17-10-25-21-14/h4-7,9-10,13H,2-3,8H2,1H3,(H,19,24)/t13-/m0/s1. The van der Waals surface area contributed by atoms with Crippen LogP contribution in [0.2, 0.25) is 0 Å². The van der Waals surface area contributed by atoms with Crippen molar-refractivity contribution in [1.29, 1.82) is 0 Å². The fourth-order valence-electron chi connectivity index (χ4n) is 3.07. The molecule has 2 amide bonds. The van der Waals surface area contributed by atoms with E-state index in [1.54, 1.807) is 11.2 Å². The summed E-state index contributed by atoms with van der Waals surface area (Å²) in [4.78, 5) is 18.5. The lowest BCUT2D eigenvalue weighted by Crippen LogP contribution is -2.35. The molecule has 0 radical (unpaired) electrons. The number of hydrogen-bond donors (Lipinski definition) is 1. The number of benzene rings is 1. The monoisotopic (exact) mass is 339 g/mol. The van der Waals surface area contributed by atoms with E-state index in [2.05, 4.69) is 25.7 Å². The lowest BCUT2D eigenvalue weighted by Gasteiger charge is -2.24. The molecule has 0 unspecified atom stereocenters. The van der Waals surface area contributed by atoms with E-state index in [4.69, 9.17) is 4.52 Å². The summed E-state index contributed by atoms with van der Waals surface area (Å²) in [5.74, 6) is 1.32. The van der Waals surface area contributed by atoms with Crippen molar-refractivity contribution in [3.05, 3.63) is 42.8 Å². The van der Waals surface area contributed by atoms with Crippen molar-refractivity contribution in [2.24, 2.45) is 7.05 Å². The van der Waals surface area contributed by atoms with Crippen molar-refractivity contribution in [2.75, 3.05) is 11.9 Å². The molecule has 0 spiro atoms. The molecule has 4 rings (SSSR count). The van der Waals surface area contributed by atoms with Crippen LogP contribution >= 0.6 is 0 Å². The highest BCUT2D eigenvalue weighted by molar-refractivity contribution is 5.90. The Balaban J connectivity index is 1.47. The highest BCUT2D eigenvalue weighted by Crippen LogP contribution is 2.31. The molecule has 1 atom stereocenters. The molecule has 1 saturated heterocycles. The molecule has 3 heterocycles. The van der Waals surface area contributed by atoms with Crippen molar-refractivity contribution >= 4 is 11.7 Å². The Morgan fingerprint density at radius 1 is 1.32 bits per heavy atom. The number of aromatic nitrogens is 5.